The number of nitrogens with zero attached hydrogens (tertiary/aromatic N) is 1. The summed E-state index contributed by atoms with van der Waals surface area (Å²) in [6.45, 7) is 5.93. The number of ether oxygens (including phenoxy) is 1. The first-order chi connectivity index (χ1) is 9.15. The highest BCUT2D eigenvalue weighted by atomic mass is 16.5. The molecular formula is C15H18N2O2. The Morgan fingerprint density at radius 1 is 1.32 bits per heavy atom. The summed E-state index contributed by atoms with van der Waals surface area (Å²) >= 11 is 0. The fourth-order valence-electron chi connectivity index (χ4n) is 2.26. The number of hydrogen-bond acceptors (Lipinski definition) is 4. The summed E-state index contributed by atoms with van der Waals surface area (Å²) in [4.78, 5) is 12.2. The molecule has 0 aromatic heterocycles. The third kappa shape index (κ3) is 2.67. The van der Waals surface area contributed by atoms with Crippen LogP contribution in [0.3, 0.4) is 0 Å². The van der Waals surface area contributed by atoms with Crippen LogP contribution in [0.4, 0.5) is 0 Å². The van der Waals surface area contributed by atoms with Gasteiger partial charge in [-0.3, -0.25) is 5.43 Å². The van der Waals surface area contributed by atoms with Crippen LogP contribution in [0.5, 0.6) is 0 Å². The topological polar surface area (TPSA) is 50.7 Å². The van der Waals surface area contributed by atoms with E-state index in [0.717, 1.165) is 17.0 Å². The first kappa shape index (κ1) is 13.3. The van der Waals surface area contributed by atoms with E-state index in [-0.39, 0.29) is 11.9 Å². The maximum atomic E-state index is 12.2. The highest BCUT2D eigenvalue weighted by Gasteiger charge is 2.31. The molecule has 4 heteroatoms. The van der Waals surface area contributed by atoms with Gasteiger partial charge in [0.25, 0.3) is 0 Å². The number of allylic oxidation sites excluding steroid dienone is 1. The second-order valence-electron chi connectivity index (χ2n) is 4.47. The Morgan fingerprint density at radius 3 is 2.63 bits per heavy atom. The molecule has 1 heterocycles. The molecule has 1 N–H and O–H groups in total. The predicted molar refractivity (Wildman–Crippen MR) is 74.8 cm³/mol. The number of hydrogen-bond donors (Lipinski definition) is 1. The molecule has 1 aromatic carbocycles. The Labute approximate surface area is 113 Å². The average molecular weight is 258 g/mol. The monoisotopic (exact) mass is 258 g/mol. The zero-order valence-electron chi connectivity index (χ0n) is 11.4. The fourth-order valence-corrected chi connectivity index (χ4v) is 2.26. The Kier molecular flexibility index (Phi) is 4.00. The first-order valence-electron chi connectivity index (χ1n) is 6.38. The van der Waals surface area contributed by atoms with Gasteiger partial charge in [0.15, 0.2) is 0 Å². The zero-order valence-corrected chi connectivity index (χ0v) is 11.4. The van der Waals surface area contributed by atoms with E-state index in [1.807, 2.05) is 51.1 Å². The van der Waals surface area contributed by atoms with Gasteiger partial charge >= 0.3 is 5.97 Å². The molecule has 0 saturated heterocycles. The normalized spacial score (nSPS) is 18.7. The van der Waals surface area contributed by atoms with Gasteiger partial charge in [-0.25, -0.2) is 4.79 Å². The van der Waals surface area contributed by atoms with Crippen LogP contribution in [0.1, 0.15) is 32.3 Å². The minimum Gasteiger partial charge on any atom is -0.463 e. The molecule has 1 aromatic rings. The molecule has 100 valence electrons. The number of benzene rings is 1. The molecule has 4 nitrogen and oxygen atoms in total. The molecular weight excluding hydrogens is 240 g/mol. The van der Waals surface area contributed by atoms with E-state index < -0.39 is 0 Å². The van der Waals surface area contributed by atoms with Gasteiger partial charge in [-0.15, -0.1) is 0 Å². The fraction of sp³-hybridized carbons (Fsp3) is 0.333. The van der Waals surface area contributed by atoms with Gasteiger partial charge in [0.05, 0.1) is 18.1 Å². The number of carbonyl (C=O) groups excluding carboxylic acids is 1. The van der Waals surface area contributed by atoms with Crippen LogP contribution in [0.15, 0.2) is 46.7 Å². The third-order valence-electron chi connectivity index (χ3n) is 3.14. The minimum absolute atomic E-state index is 0.138. The van der Waals surface area contributed by atoms with Crippen molar-refractivity contribution in [2.45, 2.75) is 26.7 Å². The lowest BCUT2D eigenvalue weighted by Gasteiger charge is -2.25. The van der Waals surface area contributed by atoms with E-state index >= 15 is 0 Å². The van der Waals surface area contributed by atoms with Gasteiger partial charge < -0.3 is 4.74 Å². The molecule has 19 heavy (non-hydrogen) atoms. The van der Waals surface area contributed by atoms with Crippen molar-refractivity contribution in [1.29, 1.82) is 0 Å². The highest BCUT2D eigenvalue weighted by molar-refractivity contribution is 6.03. The van der Waals surface area contributed by atoms with Crippen molar-refractivity contribution in [2.24, 2.45) is 5.10 Å². The predicted octanol–water partition coefficient (Wildman–Crippen LogP) is 2.59. The molecule has 0 bridgehead atoms. The molecule has 1 unspecified atom stereocenters. The summed E-state index contributed by atoms with van der Waals surface area (Å²) in [5, 5.41) is 4.26. The number of hydrazone groups is 1. The third-order valence-corrected chi connectivity index (χ3v) is 3.14. The number of rotatable bonds is 3. The Bertz CT molecular complexity index is 532. The van der Waals surface area contributed by atoms with Crippen molar-refractivity contribution in [3.8, 4) is 0 Å². The molecule has 0 amide bonds. The van der Waals surface area contributed by atoms with Crippen molar-refractivity contribution in [2.75, 3.05) is 6.61 Å². The molecule has 1 aliphatic rings. The largest absolute Gasteiger partial charge is 0.463 e. The van der Waals surface area contributed by atoms with Crippen molar-refractivity contribution in [3.63, 3.8) is 0 Å². The molecule has 2 rings (SSSR count). The molecule has 0 spiro atoms. The Morgan fingerprint density at radius 2 is 2.00 bits per heavy atom. The summed E-state index contributed by atoms with van der Waals surface area (Å²) in [6.07, 6.45) is 0. The molecule has 1 atom stereocenters. The summed E-state index contributed by atoms with van der Waals surface area (Å²) in [5.74, 6) is -0.419. The molecule has 0 radical (unpaired) electrons. The van der Waals surface area contributed by atoms with Gasteiger partial charge in [0.2, 0.25) is 0 Å². The highest BCUT2D eigenvalue weighted by Crippen LogP contribution is 2.31. The number of esters is 1. The lowest BCUT2D eigenvalue weighted by Crippen LogP contribution is -2.29. The first-order valence-corrected chi connectivity index (χ1v) is 6.38. The maximum Gasteiger partial charge on any atom is 0.336 e. The van der Waals surface area contributed by atoms with E-state index in [4.69, 9.17) is 4.74 Å². The van der Waals surface area contributed by atoms with E-state index in [1.54, 1.807) is 0 Å². The van der Waals surface area contributed by atoms with Crippen LogP contribution in [-0.4, -0.2) is 18.3 Å². The summed E-state index contributed by atoms with van der Waals surface area (Å²) in [6, 6.07) is 9.88. The second-order valence-corrected chi connectivity index (χ2v) is 4.47. The lowest BCUT2D eigenvalue weighted by atomic mass is 9.85. The minimum atomic E-state index is -0.282. The quantitative estimate of drug-likeness (QED) is 0.848. The van der Waals surface area contributed by atoms with E-state index in [2.05, 4.69) is 10.5 Å². The number of carbonyl (C=O) groups is 1. The van der Waals surface area contributed by atoms with Crippen LogP contribution < -0.4 is 5.43 Å². The SMILES string of the molecule is CCOC(=O)C1=C(C)NN=C(C)C1c1ccccc1. The number of nitrogens with one attached hydrogen (secondary N) is 1. The van der Waals surface area contributed by atoms with Crippen LogP contribution in [0.25, 0.3) is 0 Å². The van der Waals surface area contributed by atoms with E-state index in [0.29, 0.717) is 12.2 Å². The summed E-state index contributed by atoms with van der Waals surface area (Å²) < 4.78 is 5.16. The Balaban J connectivity index is 2.44. The smallest absolute Gasteiger partial charge is 0.336 e. The lowest BCUT2D eigenvalue weighted by molar-refractivity contribution is -0.138. The second kappa shape index (κ2) is 5.69. The zero-order chi connectivity index (χ0) is 13.8. The summed E-state index contributed by atoms with van der Waals surface area (Å²) in [5.41, 5.74) is 6.18. The van der Waals surface area contributed by atoms with Gasteiger partial charge in [0.1, 0.15) is 0 Å². The Hall–Kier alpha value is -2.10. The van der Waals surface area contributed by atoms with Gasteiger partial charge in [-0.2, -0.15) is 5.10 Å². The average Bonchev–Trinajstić information content (AvgIpc) is 2.42. The van der Waals surface area contributed by atoms with Crippen LogP contribution in [0.2, 0.25) is 0 Å². The molecule has 0 aliphatic carbocycles. The van der Waals surface area contributed by atoms with Crippen molar-refractivity contribution >= 4 is 11.7 Å². The summed E-state index contributed by atoms with van der Waals surface area (Å²) in [7, 11) is 0. The van der Waals surface area contributed by atoms with Crippen LogP contribution >= 0.6 is 0 Å². The standard InChI is InChI=1S/C15H18N2O2/c1-4-19-15(18)14-11(3)17-16-10(2)13(14)12-8-6-5-7-9-12/h5-9,13,17H,4H2,1-3H3. The van der Waals surface area contributed by atoms with Gasteiger partial charge in [-0.05, 0) is 26.3 Å². The molecule has 1 aliphatic heterocycles. The van der Waals surface area contributed by atoms with Crippen molar-refractivity contribution in [1.82, 2.24) is 5.43 Å². The molecule has 0 saturated carbocycles. The van der Waals surface area contributed by atoms with E-state index in [1.165, 1.54) is 0 Å². The van der Waals surface area contributed by atoms with Crippen molar-refractivity contribution < 1.29 is 9.53 Å². The van der Waals surface area contributed by atoms with Gasteiger partial charge in [0, 0.05) is 11.4 Å². The van der Waals surface area contributed by atoms with Crippen molar-refractivity contribution in [3.05, 3.63) is 47.2 Å². The van der Waals surface area contributed by atoms with Crippen LogP contribution in [-0.2, 0) is 9.53 Å². The molecule has 0 fully saturated rings. The van der Waals surface area contributed by atoms with Crippen LogP contribution in [0, 0.1) is 0 Å². The van der Waals surface area contributed by atoms with Gasteiger partial charge in [-0.1, -0.05) is 30.3 Å². The van der Waals surface area contributed by atoms with E-state index in [9.17, 15) is 4.79 Å². The maximum absolute atomic E-state index is 12.2.